The highest BCUT2D eigenvalue weighted by atomic mass is 16.5. The van der Waals surface area contributed by atoms with Gasteiger partial charge in [-0.15, -0.1) is 0 Å². The molecule has 0 saturated carbocycles. The Labute approximate surface area is 134 Å². The number of nitrogens with zero attached hydrogens (tertiary/aromatic N) is 2. The molecule has 2 rings (SSSR count). The molecule has 0 saturated heterocycles. The van der Waals surface area contributed by atoms with Gasteiger partial charge in [0, 0.05) is 13.1 Å². The Morgan fingerprint density at radius 3 is 2.52 bits per heavy atom. The van der Waals surface area contributed by atoms with Gasteiger partial charge in [0.25, 0.3) is 0 Å². The molecule has 0 aliphatic carbocycles. The van der Waals surface area contributed by atoms with Crippen molar-refractivity contribution in [2.24, 2.45) is 0 Å². The average molecular weight is 317 g/mol. The van der Waals surface area contributed by atoms with Crippen molar-refractivity contribution in [3.8, 4) is 5.75 Å². The topological polar surface area (TPSA) is 82.4 Å². The molecule has 0 fully saturated rings. The summed E-state index contributed by atoms with van der Waals surface area (Å²) in [7, 11) is 1.60. The van der Waals surface area contributed by atoms with Crippen LogP contribution in [0, 0.1) is 0 Å². The van der Waals surface area contributed by atoms with Crippen LogP contribution >= 0.6 is 0 Å². The van der Waals surface area contributed by atoms with Crippen molar-refractivity contribution in [3.63, 3.8) is 0 Å². The maximum Gasteiger partial charge on any atom is 0.361 e. The van der Waals surface area contributed by atoms with Gasteiger partial charge in [-0.05, 0) is 24.6 Å². The lowest BCUT2D eigenvalue weighted by atomic mass is 10.2. The van der Waals surface area contributed by atoms with E-state index in [0.29, 0.717) is 12.2 Å². The Balaban J connectivity index is 2.23. The van der Waals surface area contributed by atoms with Crippen molar-refractivity contribution in [2.45, 2.75) is 20.4 Å². The number of ether oxygens (including phenoxy) is 2. The largest absolute Gasteiger partial charge is 0.497 e. The zero-order valence-corrected chi connectivity index (χ0v) is 13.3. The molecular weight excluding hydrogens is 298 g/mol. The molecule has 0 bridgehead atoms. The van der Waals surface area contributed by atoms with Crippen LogP contribution in [0.1, 0.15) is 29.9 Å². The Morgan fingerprint density at radius 1 is 1.26 bits per heavy atom. The number of methoxy groups -OCH3 is 1. The van der Waals surface area contributed by atoms with Gasteiger partial charge in [0.05, 0.1) is 25.9 Å². The van der Waals surface area contributed by atoms with E-state index in [9.17, 15) is 9.59 Å². The molecule has 0 spiro atoms. The maximum atomic E-state index is 11.9. The summed E-state index contributed by atoms with van der Waals surface area (Å²) in [6.45, 7) is 3.78. The van der Waals surface area contributed by atoms with Crippen LogP contribution in [0.15, 0.2) is 30.5 Å². The number of esters is 1. The molecule has 7 nitrogen and oxygen atoms in total. The Morgan fingerprint density at radius 2 is 1.96 bits per heavy atom. The molecule has 0 unspecified atom stereocenters. The minimum Gasteiger partial charge on any atom is -0.497 e. The number of benzene rings is 1. The molecule has 1 heterocycles. The van der Waals surface area contributed by atoms with E-state index in [1.54, 1.807) is 24.9 Å². The average Bonchev–Trinajstić information content (AvgIpc) is 2.90. The summed E-state index contributed by atoms with van der Waals surface area (Å²) in [6, 6.07) is 7.50. The van der Waals surface area contributed by atoms with E-state index in [0.717, 1.165) is 11.3 Å². The van der Waals surface area contributed by atoms with Gasteiger partial charge in [0.15, 0.2) is 5.69 Å². The third kappa shape index (κ3) is 4.32. The van der Waals surface area contributed by atoms with E-state index in [4.69, 9.17) is 9.47 Å². The number of aromatic nitrogens is 2. The van der Waals surface area contributed by atoms with Gasteiger partial charge in [-0.1, -0.05) is 12.1 Å². The number of carbonyl (C=O) groups excluding carboxylic acids is 2. The second-order valence-electron chi connectivity index (χ2n) is 4.84. The molecule has 0 atom stereocenters. The molecule has 7 heteroatoms. The van der Waals surface area contributed by atoms with Crippen molar-refractivity contribution >= 4 is 17.6 Å². The first-order chi connectivity index (χ1) is 11.0. The number of nitrogens with one attached hydrogen (secondary N) is 1. The molecule has 0 aliphatic rings. The van der Waals surface area contributed by atoms with Crippen LogP contribution < -0.4 is 10.1 Å². The molecule has 23 heavy (non-hydrogen) atoms. The lowest BCUT2D eigenvalue weighted by Crippen LogP contribution is -2.12. The number of amides is 1. The maximum absolute atomic E-state index is 11.9. The fourth-order valence-corrected chi connectivity index (χ4v) is 2.05. The molecule has 1 aromatic heterocycles. The minimum absolute atomic E-state index is 0.0931. The summed E-state index contributed by atoms with van der Waals surface area (Å²) in [5.74, 6) is -0.0790. The molecule has 122 valence electrons. The van der Waals surface area contributed by atoms with Crippen LogP contribution in [-0.2, 0) is 16.1 Å². The van der Waals surface area contributed by atoms with Crippen LogP contribution in [0.4, 0.5) is 5.69 Å². The second kappa shape index (κ2) is 7.44. The molecule has 1 N–H and O–H groups in total. The first kappa shape index (κ1) is 16.5. The van der Waals surface area contributed by atoms with Gasteiger partial charge < -0.3 is 14.8 Å². The van der Waals surface area contributed by atoms with Crippen LogP contribution in [0.3, 0.4) is 0 Å². The third-order valence-electron chi connectivity index (χ3n) is 3.04. The molecule has 2 aromatic rings. The van der Waals surface area contributed by atoms with E-state index in [1.165, 1.54) is 6.92 Å². The zero-order chi connectivity index (χ0) is 16.8. The van der Waals surface area contributed by atoms with E-state index < -0.39 is 5.97 Å². The number of hydrogen-bond acceptors (Lipinski definition) is 5. The number of hydrogen-bond donors (Lipinski definition) is 1. The summed E-state index contributed by atoms with van der Waals surface area (Å²) in [5.41, 5.74) is 1.41. The Bertz CT molecular complexity index is 692. The van der Waals surface area contributed by atoms with Gasteiger partial charge >= 0.3 is 5.97 Å². The predicted octanol–water partition coefficient (Wildman–Crippen LogP) is 2.08. The fourth-order valence-electron chi connectivity index (χ4n) is 2.05. The highest BCUT2D eigenvalue weighted by Gasteiger charge is 2.19. The van der Waals surface area contributed by atoms with Gasteiger partial charge in [-0.3, -0.25) is 9.48 Å². The fraction of sp³-hybridized carbons (Fsp3) is 0.312. The minimum atomic E-state index is -0.565. The van der Waals surface area contributed by atoms with Crippen molar-refractivity contribution in [1.82, 2.24) is 9.78 Å². The Hall–Kier alpha value is -2.83. The summed E-state index contributed by atoms with van der Waals surface area (Å²) in [6.07, 6.45) is 1.61. The number of anilines is 1. The Kier molecular flexibility index (Phi) is 5.35. The van der Waals surface area contributed by atoms with E-state index in [2.05, 4.69) is 10.4 Å². The summed E-state index contributed by atoms with van der Waals surface area (Å²) < 4.78 is 11.7. The van der Waals surface area contributed by atoms with Gasteiger partial charge in [0.1, 0.15) is 5.75 Å². The second-order valence-corrected chi connectivity index (χ2v) is 4.84. The van der Waals surface area contributed by atoms with Gasteiger partial charge in [-0.25, -0.2) is 4.79 Å². The monoisotopic (exact) mass is 317 g/mol. The quantitative estimate of drug-likeness (QED) is 0.825. The SMILES string of the molecule is CCOC(=O)c1nn(Cc2ccc(OC)cc2)cc1NC(C)=O. The summed E-state index contributed by atoms with van der Waals surface area (Å²) in [5, 5.41) is 6.81. The van der Waals surface area contributed by atoms with E-state index >= 15 is 0 Å². The third-order valence-corrected chi connectivity index (χ3v) is 3.04. The number of rotatable bonds is 6. The molecule has 1 aromatic carbocycles. The molecule has 0 aliphatic heterocycles. The van der Waals surface area contributed by atoms with Crippen molar-refractivity contribution < 1.29 is 19.1 Å². The normalized spacial score (nSPS) is 10.2. The smallest absolute Gasteiger partial charge is 0.361 e. The highest BCUT2D eigenvalue weighted by Crippen LogP contribution is 2.17. The lowest BCUT2D eigenvalue weighted by Gasteiger charge is -2.03. The van der Waals surface area contributed by atoms with E-state index in [1.807, 2.05) is 24.3 Å². The van der Waals surface area contributed by atoms with Gasteiger partial charge in [0.2, 0.25) is 5.91 Å². The van der Waals surface area contributed by atoms with Crippen LogP contribution in [0.2, 0.25) is 0 Å². The van der Waals surface area contributed by atoms with Crippen LogP contribution in [0.5, 0.6) is 5.75 Å². The van der Waals surface area contributed by atoms with Gasteiger partial charge in [-0.2, -0.15) is 5.10 Å². The van der Waals surface area contributed by atoms with Crippen molar-refractivity contribution in [2.75, 3.05) is 19.0 Å². The summed E-state index contributed by atoms with van der Waals surface area (Å²) >= 11 is 0. The lowest BCUT2D eigenvalue weighted by molar-refractivity contribution is -0.114. The molecule has 0 radical (unpaired) electrons. The van der Waals surface area contributed by atoms with Crippen molar-refractivity contribution in [1.29, 1.82) is 0 Å². The first-order valence-electron chi connectivity index (χ1n) is 7.18. The highest BCUT2D eigenvalue weighted by molar-refractivity contribution is 5.99. The van der Waals surface area contributed by atoms with Crippen LogP contribution in [-0.4, -0.2) is 35.4 Å². The summed E-state index contributed by atoms with van der Waals surface area (Å²) in [4.78, 5) is 23.2. The zero-order valence-electron chi connectivity index (χ0n) is 13.3. The number of carbonyl (C=O) groups is 2. The standard InChI is InChI=1S/C16H19N3O4/c1-4-23-16(21)15-14(17-11(2)20)10-19(18-15)9-12-5-7-13(22-3)8-6-12/h5-8,10H,4,9H2,1-3H3,(H,17,20). The molecular formula is C16H19N3O4. The van der Waals surface area contributed by atoms with Crippen LogP contribution in [0.25, 0.3) is 0 Å². The van der Waals surface area contributed by atoms with Crippen molar-refractivity contribution in [3.05, 3.63) is 41.7 Å². The van der Waals surface area contributed by atoms with E-state index in [-0.39, 0.29) is 18.2 Å². The first-order valence-corrected chi connectivity index (χ1v) is 7.18. The predicted molar refractivity (Wildman–Crippen MR) is 84.6 cm³/mol. The molecule has 1 amide bonds.